The van der Waals surface area contributed by atoms with Crippen LogP contribution in [-0.4, -0.2) is 36.1 Å². The van der Waals surface area contributed by atoms with Crippen molar-refractivity contribution in [1.82, 2.24) is 9.97 Å². The highest BCUT2D eigenvalue weighted by Crippen LogP contribution is 2.35. The van der Waals surface area contributed by atoms with Gasteiger partial charge in [0.25, 0.3) is 0 Å². The molecule has 160 valence electrons. The van der Waals surface area contributed by atoms with E-state index in [9.17, 15) is 9.59 Å². The van der Waals surface area contributed by atoms with Crippen LogP contribution in [0, 0.1) is 13.8 Å². The summed E-state index contributed by atoms with van der Waals surface area (Å²) in [5, 5.41) is 0. The highest BCUT2D eigenvalue weighted by molar-refractivity contribution is 5.96. The van der Waals surface area contributed by atoms with E-state index in [1.165, 1.54) is 14.2 Å². The molecule has 1 heterocycles. The number of esters is 2. The fourth-order valence-corrected chi connectivity index (χ4v) is 3.56. The largest absolute Gasteiger partial charge is 0.465 e. The molecule has 0 amide bonds. The SMILES string of the molecule is COC(=O)c1ccc(-c2cc3nc(C)c(C)nc3cc2-c2ccc(C(=O)OC)cc2)cc1. The fourth-order valence-electron chi connectivity index (χ4n) is 3.56. The second-order valence-corrected chi connectivity index (χ2v) is 7.42. The molecule has 0 aliphatic rings. The van der Waals surface area contributed by atoms with Gasteiger partial charge in [0.1, 0.15) is 0 Å². The summed E-state index contributed by atoms with van der Waals surface area (Å²) < 4.78 is 9.60. The van der Waals surface area contributed by atoms with Gasteiger partial charge in [-0.15, -0.1) is 0 Å². The number of rotatable bonds is 4. The van der Waals surface area contributed by atoms with Gasteiger partial charge in [0.15, 0.2) is 0 Å². The van der Waals surface area contributed by atoms with Crippen LogP contribution < -0.4 is 0 Å². The summed E-state index contributed by atoms with van der Waals surface area (Å²) in [5.74, 6) is -0.767. The number of aromatic nitrogens is 2. The van der Waals surface area contributed by atoms with Gasteiger partial charge < -0.3 is 9.47 Å². The summed E-state index contributed by atoms with van der Waals surface area (Å²) in [6, 6.07) is 18.5. The van der Waals surface area contributed by atoms with Crippen LogP contribution in [0.15, 0.2) is 60.7 Å². The minimum absolute atomic E-state index is 0.384. The van der Waals surface area contributed by atoms with E-state index in [4.69, 9.17) is 19.4 Å². The van der Waals surface area contributed by atoms with Gasteiger partial charge >= 0.3 is 11.9 Å². The van der Waals surface area contributed by atoms with Crippen molar-refractivity contribution in [2.45, 2.75) is 13.8 Å². The van der Waals surface area contributed by atoms with Crippen molar-refractivity contribution >= 4 is 23.0 Å². The molecule has 0 spiro atoms. The molecule has 0 atom stereocenters. The monoisotopic (exact) mass is 426 g/mol. The zero-order chi connectivity index (χ0) is 22.8. The fraction of sp³-hybridized carbons (Fsp3) is 0.154. The Morgan fingerprint density at radius 1 is 0.625 bits per heavy atom. The Bertz CT molecular complexity index is 1220. The maximum Gasteiger partial charge on any atom is 0.337 e. The molecule has 0 aliphatic carbocycles. The lowest BCUT2D eigenvalue weighted by molar-refractivity contribution is 0.0592. The molecule has 0 unspecified atom stereocenters. The van der Waals surface area contributed by atoms with Crippen molar-refractivity contribution in [3.63, 3.8) is 0 Å². The number of hydrogen-bond donors (Lipinski definition) is 0. The standard InChI is InChI=1S/C26H22N2O4/c1-15-16(2)28-24-14-22(18-7-11-20(12-8-18)26(30)32-4)21(13-23(24)27-15)17-5-9-19(10-6-17)25(29)31-3/h5-14H,1-4H3. The number of aryl methyl sites for hydroxylation is 2. The Hall–Kier alpha value is -4.06. The number of ether oxygens (including phenoxy) is 2. The molecule has 32 heavy (non-hydrogen) atoms. The van der Waals surface area contributed by atoms with Gasteiger partial charge in [-0.1, -0.05) is 24.3 Å². The van der Waals surface area contributed by atoms with E-state index in [0.29, 0.717) is 11.1 Å². The van der Waals surface area contributed by atoms with Crippen molar-refractivity contribution in [1.29, 1.82) is 0 Å². The van der Waals surface area contributed by atoms with Gasteiger partial charge in [-0.25, -0.2) is 19.6 Å². The van der Waals surface area contributed by atoms with Crippen LogP contribution in [0.2, 0.25) is 0 Å². The van der Waals surface area contributed by atoms with Gasteiger partial charge in [-0.3, -0.25) is 0 Å². The topological polar surface area (TPSA) is 78.4 Å². The van der Waals surface area contributed by atoms with Gasteiger partial charge in [-0.05, 0) is 72.5 Å². The van der Waals surface area contributed by atoms with Gasteiger partial charge in [0.05, 0.1) is 47.8 Å². The van der Waals surface area contributed by atoms with Crippen molar-refractivity contribution in [2.75, 3.05) is 14.2 Å². The third-order valence-electron chi connectivity index (χ3n) is 5.45. The molecule has 0 N–H and O–H groups in total. The summed E-state index contributed by atoms with van der Waals surface area (Å²) in [4.78, 5) is 33.1. The van der Waals surface area contributed by atoms with Crippen molar-refractivity contribution in [3.8, 4) is 22.3 Å². The number of nitrogens with zero attached hydrogens (tertiary/aromatic N) is 2. The van der Waals surface area contributed by atoms with Gasteiger partial charge in [0.2, 0.25) is 0 Å². The summed E-state index contributed by atoms with van der Waals surface area (Å²) in [6.45, 7) is 3.87. The van der Waals surface area contributed by atoms with Crippen molar-refractivity contribution in [3.05, 3.63) is 83.2 Å². The molecule has 3 aromatic carbocycles. The van der Waals surface area contributed by atoms with Crippen LogP contribution in [-0.2, 0) is 9.47 Å². The zero-order valence-electron chi connectivity index (χ0n) is 18.3. The number of methoxy groups -OCH3 is 2. The Morgan fingerprint density at radius 2 is 0.969 bits per heavy atom. The molecule has 0 saturated heterocycles. The highest BCUT2D eigenvalue weighted by Gasteiger charge is 2.14. The molecule has 4 aromatic rings. The van der Waals surface area contributed by atoms with Crippen LogP contribution in [0.1, 0.15) is 32.1 Å². The summed E-state index contributed by atoms with van der Waals surface area (Å²) in [5.41, 5.74) is 8.01. The number of benzene rings is 3. The Labute approximate surface area is 185 Å². The summed E-state index contributed by atoms with van der Waals surface area (Å²) in [6.07, 6.45) is 0. The molecular formula is C26H22N2O4. The molecule has 0 radical (unpaired) electrons. The zero-order valence-corrected chi connectivity index (χ0v) is 18.3. The van der Waals surface area contributed by atoms with E-state index in [2.05, 4.69) is 0 Å². The Kier molecular flexibility index (Phi) is 5.69. The van der Waals surface area contributed by atoms with E-state index in [-0.39, 0.29) is 11.9 Å². The molecule has 0 fully saturated rings. The molecular weight excluding hydrogens is 404 g/mol. The minimum atomic E-state index is -0.384. The molecule has 1 aromatic heterocycles. The molecule has 6 nitrogen and oxygen atoms in total. The van der Waals surface area contributed by atoms with E-state index < -0.39 is 0 Å². The lowest BCUT2D eigenvalue weighted by Crippen LogP contribution is -2.01. The maximum atomic E-state index is 11.8. The quantitative estimate of drug-likeness (QED) is 0.420. The highest BCUT2D eigenvalue weighted by atomic mass is 16.5. The molecule has 0 bridgehead atoms. The summed E-state index contributed by atoms with van der Waals surface area (Å²) >= 11 is 0. The maximum absolute atomic E-state index is 11.8. The number of carbonyl (C=O) groups is 2. The number of hydrogen-bond acceptors (Lipinski definition) is 6. The second-order valence-electron chi connectivity index (χ2n) is 7.42. The number of carbonyl (C=O) groups excluding carboxylic acids is 2. The predicted octanol–water partition coefficient (Wildman–Crippen LogP) is 5.15. The van der Waals surface area contributed by atoms with Crippen molar-refractivity contribution in [2.24, 2.45) is 0 Å². The predicted molar refractivity (Wildman–Crippen MR) is 123 cm³/mol. The third-order valence-corrected chi connectivity index (χ3v) is 5.45. The Morgan fingerprint density at radius 3 is 1.28 bits per heavy atom. The van der Waals surface area contributed by atoms with Crippen LogP contribution >= 0.6 is 0 Å². The van der Waals surface area contributed by atoms with Gasteiger partial charge in [-0.2, -0.15) is 0 Å². The first kappa shape index (κ1) is 21.2. The molecule has 6 heteroatoms. The normalized spacial score (nSPS) is 10.8. The smallest absolute Gasteiger partial charge is 0.337 e. The number of fused-ring (bicyclic) bond motifs is 1. The van der Waals surface area contributed by atoms with Crippen molar-refractivity contribution < 1.29 is 19.1 Å². The molecule has 0 saturated carbocycles. The second kappa shape index (κ2) is 8.59. The first-order chi connectivity index (χ1) is 15.4. The first-order valence-corrected chi connectivity index (χ1v) is 10.1. The van der Waals surface area contributed by atoms with Crippen LogP contribution in [0.3, 0.4) is 0 Å². The summed E-state index contributed by atoms with van der Waals surface area (Å²) in [7, 11) is 2.72. The first-order valence-electron chi connectivity index (χ1n) is 10.1. The molecule has 4 rings (SSSR count). The van der Waals surface area contributed by atoms with E-state index in [1.54, 1.807) is 24.3 Å². The Balaban J connectivity index is 1.90. The van der Waals surface area contributed by atoms with Crippen LogP contribution in [0.5, 0.6) is 0 Å². The minimum Gasteiger partial charge on any atom is -0.465 e. The van der Waals surface area contributed by atoms with Crippen LogP contribution in [0.4, 0.5) is 0 Å². The molecule has 0 aliphatic heterocycles. The average Bonchev–Trinajstić information content (AvgIpc) is 2.83. The average molecular weight is 426 g/mol. The third kappa shape index (κ3) is 3.95. The lowest BCUT2D eigenvalue weighted by Gasteiger charge is -2.14. The lowest BCUT2D eigenvalue weighted by atomic mass is 9.92. The van der Waals surface area contributed by atoms with Crippen LogP contribution in [0.25, 0.3) is 33.3 Å². The van der Waals surface area contributed by atoms with E-state index in [0.717, 1.165) is 44.7 Å². The van der Waals surface area contributed by atoms with Gasteiger partial charge in [0, 0.05) is 0 Å². The van der Waals surface area contributed by atoms with E-state index >= 15 is 0 Å². The van der Waals surface area contributed by atoms with E-state index in [1.807, 2.05) is 50.2 Å².